The summed E-state index contributed by atoms with van der Waals surface area (Å²) in [6.45, 7) is 4.34. The molecule has 7 heteroatoms. The first-order valence-electron chi connectivity index (χ1n) is 6.35. The van der Waals surface area contributed by atoms with E-state index in [0.717, 1.165) is 5.75 Å². The Balaban J connectivity index is 2.66. The fourth-order valence-electron chi connectivity index (χ4n) is 1.45. The lowest BCUT2D eigenvalue weighted by molar-refractivity contribution is -0.118. The van der Waals surface area contributed by atoms with Gasteiger partial charge in [0.25, 0.3) is 10.0 Å². The van der Waals surface area contributed by atoms with E-state index in [-0.39, 0.29) is 11.3 Å². The van der Waals surface area contributed by atoms with E-state index < -0.39 is 15.9 Å². The second-order valence-electron chi connectivity index (χ2n) is 3.88. The van der Waals surface area contributed by atoms with Crippen molar-refractivity contribution in [3.63, 3.8) is 0 Å². The molecule has 20 heavy (non-hydrogen) atoms. The van der Waals surface area contributed by atoms with Crippen molar-refractivity contribution in [3.8, 4) is 5.75 Å². The molecule has 0 fully saturated rings. The standard InChI is InChI=1S/C13H19NO4S2/c1-3-18-11-5-7-12(8-6-11)20(16,17)14-13(15)9-10-19-4-2/h5-8H,3-4,9-10H2,1-2H3,(H,14,15). The third-order valence-electron chi connectivity index (χ3n) is 2.37. The monoisotopic (exact) mass is 317 g/mol. The summed E-state index contributed by atoms with van der Waals surface area (Å²) in [4.78, 5) is 11.6. The van der Waals surface area contributed by atoms with Crippen molar-refractivity contribution < 1.29 is 17.9 Å². The van der Waals surface area contributed by atoms with Crippen molar-refractivity contribution in [2.24, 2.45) is 0 Å². The number of nitrogens with one attached hydrogen (secondary N) is 1. The normalized spacial score (nSPS) is 11.1. The van der Waals surface area contributed by atoms with Crippen LogP contribution >= 0.6 is 11.8 Å². The lowest BCUT2D eigenvalue weighted by atomic mass is 10.3. The molecule has 0 aliphatic rings. The van der Waals surface area contributed by atoms with Gasteiger partial charge >= 0.3 is 0 Å². The maximum atomic E-state index is 12.0. The molecule has 1 amide bonds. The molecule has 0 atom stereocenters. The first-order chi connectivity index (χ1) is 9.49. The minimum atomic E-state index is -3.79. The number of sulfonamides is 1. The maximum Gasteiger partial charge on any atom is 0.264 e. The number of thioether (sulfide) groups is 1. The summed E-state index contributed by atoms with van der Waals surface area (Å²) in [5, 5.41) is 0. The Bertz CT molecular complexity index is 526. The molecule has 112 valence electrons. The van der Waals surface area contributed by atoms with Crippen LogP contribution in [0.15, 0.2) is 29.2 Å². The summed E-state index contributed by atoms with van der Waals surface area (Å²) >= 11 is 1.59. The fraction of sp³-hybridized carbons (Fsp3) is 0.462. The Morgan fingerprint density at radius 3 is 2.45 bits per heavy atom. The summed E-state index contributed by atoms with van der Waals surface area (Å²) < 4.78 is 31.2. The Hall–Kier alpha value is -1.21. The van der Waals surface area contributed by atoms with Crippen molar-refractivity contribution in [3.05, 3.63) is 24.3 Å². The van der Waals surface area contributed by atoms with Gasteiger partial charge in [0.2, 0.25) is 5.91 Å². The van der Waals surface area contributed by atoms with Gasteiger partial charge in [0, 0.05) is 12.2 Å². The largest absolute Gasteiger partial charge is 0.494 e. The van der Waals surface area contributed by atoms with Crippen molar-refractivity contribution in [2.75, 3.05) is 18.1 Å². The van der Waals surface area contributed by atoms with E-state index in [4.69, 9.17) is 4.74 Å². The van der Waals surface area contributed by atoms with Gasteiger partial charge in [-0.15, -0.1) is 0 Å². The van der Waals surface area contributed by atoms with Crippen LogP contribution in [0.4, 0.5) is 0 Å². The molecule has 1 N–H and O–H groups in total. The molecule has 1 aromatic rings. The van der Waals surface area contributed by atoms with E-state index in [1.54, 1.807) is 23.9 Å². The molecule has 0 bridgehead atoms. The molecule has 0 aliphatic carbocycles. The predicted molar refractivity (Wildman–Crippen MR) is 80.6 cm³/mol. The van der Waals surface area contributed by atoms with Crippen LogP contribution < -0.4 is 9.46 Å². The molecule has 0 radical (unpaired) electrons. The topological polar surface area (TPSA) is 72.5 Å². The van der Waals surface area contributed by atoms with Gasteiger partial charge in [0.05, 0.1) is 11.5 Å². The van der Waals surface area contributed by atoms with Crippen molar-refractivity contribution >= 4 is 27.7 Å². The molecular weight excluding hydrogens is 298 g/mol. The summed E-state index contributed by atoms with van der Waals surface area (Å²) in [7, 11) is -3.79. The summed E-state index contributed by atoms with van der Waals surface area (Å²) in [6, 6.07) is 5.97. The maximum absolute atomic E-state index is 12.0. The number of ether oxygens (including phenoxy) is 1. The number of benzene rings is 1. The number of hydrogen-bond acceptors (Lipinski definition) is 5. The van der Waals surface area contributed by atoms with Gasteiger partial charge in [-0.2, -0.15) is 11.8 Å². The molecule has 1 rings (SSSR count). The van der Waals surface area contributed by atoms with Gasteiger partial charge in [-0.25, -0.2) is 13.1 Å². The lowest BCUT2D eigenvalue weighted by Crippen LogP contribution is -2.30. The van der Waals surface area contributed by atoms with E-state index in [1.165, 1.54) is 12.1 Å². The minimum absolute atomic E-state index is 0.0532. The zero-order valence-electron chi connectivity index (χ0n) is 11.6. The van der Waals surface area contributed by atoms with Gasteiger partial charge in [0.1, 0.15) is 5.75 Å². The van der Waals surface area contributed by atoms with Gasteiger partial charge in [-0.1, -0.05) is 6.92 Å². The fourth-order valence-corrected chi connectivity index (χ4v) is 3.08. The lowest BCUT2D eigenvalue weighted by Gasteiger charge is -2.08. The van der Waals surface area contributed by atoms with Crippen LogP contribution in [0.2, 0.25) is 0 Å². The Morgan fingerprint density at radius 2 is 1.90 bits per heavy atom. The minimum Gasteiger partial charge on any atom is -0.494 e. The van der Waals surface area contributed by atoms with Gasteiger partial charge in [0.15, 0.2) is 0 Å². The number of rotatable bonds is 8. The predicted octanol–water partition coefficient (Wildman–Crippen LogP) is 2.03. The number of hydrogen-bond donors (Lipinski definition) is 1. The first-order valence-corrected chi connectivity index (χ1v) is 8.99. The highest BCUT2D eigenvalue weighted by atomic mass is 32.2. The SMILES string of the molecule is CCOc1ccc(S(=O)(=O)NC(=O)CCSCC)cc1. The average Bonchev–Trinajstić information content (AvgIpc) is 2.39. The molecule has 0 saturated heterocycles. The van der Waals surface area contributed by atoms with Gasteiger partial charge in [-0.3, -0.25) is 4.79 Å². The quantitative estimate of drug-likeness (QED) is 0.743. The Morgan fingerprint density at radius 1 is 1.25 bits per heavy atom. The van der Waals surface area contributed by atoms with Crippen molar-refractivity contribution in [1.29, 1.82) is 0 Å². The van der Waals surface area contributed by atoms with E-state index in [9.17, 15) is 13.2 Å². The van der Waals surface area contributed by atoms with Crippen LogP contribution in [-0.2, 0) is 14.8 Å². The molecule has 1 aromatic carbocycles. The molecule has 0 aromatic heterocycles. The molecule has 0 saturated carbocycles. The molecule has 0 heterocycles. The molecule has 0 unspecified atom stereocenters. The Kier molecular flexibility index (Phi) is 6.87. The number of carbonyl (C=O) groups is 1. The zero-order valence-corrected chi connectivity index (χ0v) is 13.2. The van der Waals surface area contributed by atoms with E-state index in [0.29, 0.717) is 18.1 Å². The van der Waals surface area contributed by atoms with E-state index >= 15 is 0 Å². The first kappa shape index (κ1) is 16.8. The van der Waals surface area contributed by atoms with Crippen LogP contribution in [0.25, 0.3) is 0 Å². The van der Waals surface area contributed by atoms with Crippen LogP contribution in [-0.4, -0.2) is 32.4 Å². The molecule has 5 nitrogen and oxygen atoms in total. The molecule has 0 spiro atoms. The second-order valence-corrected chi connectivity index (χ2v) is 6.96. The van der Waals surface area contributed by atoms with Crippen LogP contribution in [0, 0.1) is 0 Å². The van der Waals surface area contributed by atoms with Gasteiger partial charge in [-0.05, 0) is 36.9 Å². The van der Waals surface area contributed by atoms with Crippen LogP contribution in [0.3, 0.4) is 0 Å². The number of amides is 1. The van der Waals surface area contributed by atoms with E-state index in [1.807, 2.05) is 13.8 Å². The third-order valence-corrected chi connectivity index (χ3v) is 4.66. The summed E-state index contributed by atoms with van der Waals surface area (Å²) in [6.07, 6.45) is 0.189. The van der Waals surface area contributed by atoms with Crippen molar-refractivity contribution in [1.82, 2.24) is 4.72 Å². The van der Waals surface area contributed by atoms with Crippen LogP contribution in [0.5, 0.6) is 5.75 Å². The summed E-state index contributed by atoms with van der Waals surface area (Å²) in [5.41, 5.74) is 0. The average molecular weight is 317 g/mol. The highest BCUT2D eigenvalue weighted by molar-refractivity contribution is 7.99. The smallest absolute Gasteiger partial charge is 0.264 e. The number of carbonyl (C=O) groups excluding carboxylic acids is 1. The zero-order chi connectivity index (χ0) is 15.0. The highest BCUT2D eigenvalue weighted by Gasteiger charge is 2.17. The summed E-state index contributed by atoms with van der Waals surface area (Å²) in [5.74, 6) is 1.62. The third kappa shape index (κ3) is 5.42. The molecule has 0 aliphatic heterocycles. The highest BCUT2D eigenvalue weighted by Crippen LogP contribution is 2.16. The van der Waals surface area contributed by atoms with Crippen molar-refractivity contribution in [2.45, 2.75) is 25.2 Å². The van der Waals surface area contributed by atoms with E-state index in [2.05, 4.69) is 4.72 Å². The Labute approximate surface area is 124 Å². The second kappa shape index (κ2) is 8.16. The van der Waals surface area contributed by atoms with Gasteiger partial charge < -0.3 is 4.74 Å². The molecular formula is C13H19NO4S2. The van der Waals surface area contributed by atoms with Crippen LogP contribution in [0.1, 0.15) is 20.3 Å².